The zero-order valence-corrected chi connectivity index (χ0v) is 13.0. The second kappa shape index (κ2) is 7.72. The average Bonchev–Trinajstić information content (AvgIpc) is 2.41. The number of rotatable bonds is 6. The van der Waals surface area contributed by atoms with Crippen LogP contribution in [0.5, 0.6) is 0 Å². The Kier molecular flexibility index (Phi) is 6.61. The third-order valence-electron chi connectivity index (χ3n) is 2.10. The van der Waals surface area contributed by atoms with E-state index in [1.165, 1.54) is 0 Å². The summed E-state index contributed by atoms with van der Waals surface area (Å²) >= 11 is 1.66. The summed E-state index contributed by atoms with van der Waals surface area (Å²) in [6.45, 7) is 2.16. The number of hydrogen-bond acceptors (Lipinski definition) is 4. The van der Waals surface area contributed by atoms with Gasteiger partial charge in [0.15, 0.2) is 0 Å². The minimum Gasteiger partial charge on any atom is -0.322 e. The zero-order chi connectivity index (χ0) is 13.4. The summed E-state index contributed by atoms with van der Waals surface area (Å²) in [7, 11) is 3.40. The second-order valence-electron chi connectivity index (χ2n) is 4.09. The minimum absolute atomic E-state index is 0.582. The maximum absolute atomic E-state index is 5.51. The minimum atomic E-state index is -2.18. The molecule has 0 aliphatic rings. The van der Waals surface area contributed by atoms with Gasteiger partial charge in [-0.2, -0.15) is 0 Å². The molecule has 4 nitrogen and oxygen atoms in total. The average molecular weight is 285 g/mol. The molecule has 0 aromatic heterocycles. The zero-order valence-electron chi connectivity index (χ0n) is 11.3. The van der Waals surface area contributed by atoms with Crippen LogP contribution < -0.4 is 0 Å². The molecule has 0 spiro atoms. The third-order valence-corrected chi connectivity index (χ3v) is 7.16. The van der Waals surface area contributed by atoms with Gasteiger partial charge < -0.3 is 4.52 Å². The molecule has 0 aliphatic heterocycles. The van der Waals surface area contributed by atoms with Crippen LogP contribution in [0.15, 0.2) is 45.1 Å². The Hall–Kier alpha value is -0.640. The first kappa shape index (κ1) is 15.4. The Labute approximate surface area is 113 Å². The normalized spacial score (nSPS) is 14.9. The molecule has 1 unspecified atom stereocenters. The van der Waals surface area contributed by atoms with Gasteiger partial charge in [-0.15, -0.1) is 10.00 Å². The van der Waals surface area contributed by atoms with Crippen molar-refractivity contribution in [1.29, 1.82) is 0 Å². The lowest BCUT2D eigenvalue weighted by molar-refractivity contribution is 0.463. The molecule has 0 saturated carbocycles. The Morgan fingerprint density at radius 1 is 1.28 bits per heavy atom. The summed E-state index contributed by atoms with van der Waals surface area (Å²) in [6, 6.07) is 9.65. The quantitative estimate of drug-likeness (QED) is 0.520. The molecule has 0 amide bonds. The van der Waals surface area contributed by atoms with Crippen LogP contribution in [-0.4, -0.2) is 19.9 Å². The molecule has 0 saturated heterocycles. The third kappa shape index (κ3) is 4.92. The van der Waals surface area contributed by atoms with Crippen molar-refractivity contribution in [3.05, 3.63) is 30.3 Å². The SMILES string of the molecule is CN=P(N=Nc1ccccc1)(OC)SCC(C)C. The molecule has 0 fully saturated rings. The number of hydrogen-bond donors (Lipinski definition) is 0. The molecule has 1 rings (SSSR count). The van der Waals surface area contributed by atoms with Crippen LogP contribution in [0.2, 0.25) is 0 Å². The van der Waals surface area contributed by atoms with Crippen molar-refractivity contribution in [2.24, 2.45) is 20.7 Å². The van der Waals surface area contributed by atoms with Crippen LogP contribution in [0.3, 0.4) is 0 Å². The van der Waals surface area contributed by atoms with Crippen LogP contribution in [0, 0.1) is 5.92 Å². The lowest BCUT2D eigenvalue weighted by Gasteiger charge is -2.15. The van der Waals surface area contributed by atoms with Gasteiger partial charge in [0.2, 0.25) is 0 Å². The van der Waals surface area contributed by atoms with Crippen LogP contribution in [-0.2, 0) is 4.52 Å². The van der Waals surface area contributed by atoms with Gasteiger partial charge in [-0.3, -0.25) is 4.74 Å². The summed E-state index contributed by atoms with van der Waals surface area (Å²) < 4.78 is 9.82. The van der Waals surface area contributed by atoms with Crippen LogP contribution in [0.4, 0.5) is 5.69 Å². The molecule has 1 atom stereocenters. The predicted molar refractivity (Wildman–Crippen MR) is 80.5 cm³/mol. The first-order valence-electron chi connectivity index (χ1n) is 5.81. The van der Waals surface area contributed by atoms with Crippen LogP contribution in [0.1, 0.15) is 13.8 Å². The van der Waals surface area contributed by atoms with Gasteiger partial charge in [-0.05, 0) is 18.1 Å². The Bertz CT molecular complexity index is 434. The highest BCUT2D eigenvalue weighted by Crippen LogP contribution is 2.64. The fourth-order valence-electron chi connectivity index (χ4n) is 1.14. The van der Waals surface area contributed by atoms with Crippen molar-refractivity contribution in [2.45, 2.75) is 13.8 Å². The highest BCUT2D eigenvalue weighted by molar-refractivity contribution is 8.56. The van der Waals surface area contributed by atoms with Crippen LogP contribution >= 0.6 is 18.0 Å². The molecular formula is C12H20N3OPS. The standard InChI is InChI=1S/C12H20N3OPS/c1-11(2)10-18-17(13-3,16-4)15-14-12-8-6-5-7-9-12/h5-9,11H,10H2,1-4H3. The van der Waals surface area contributed by atoms with E-state index in [2.05, 4.69) is 28.6 Å². The molecule has 1 aromatic carbocycles. The fourth-order valence-corrected chi connectivity index (χ4v) is 4.85. The van der Waals surface area contributed by atoms with Crippen molar-refractivity contribution in [2.75, 3.05) is 19.9 Å². The topological polar surface area (TPSA) is 46.3 Å². The number of nitrogens with zero attached hydrogens (tertiary/aromatic N) is 3. The predicted octanol–water partition coefficient (Wildman–Crippen LogP) is 5.38. The van der Waals surface area contributed by atoms with Gasteiger partial charge in [-0.25, -0.2) is 0 Å². The lowest BCUT2D eigenvalue weighted by atomic mass is 10.3. The van der Waals surface area contributed by atoms with E-state index < -0.39 is 6.63 Å². The molecule has 18 heavy (non-hydrogen) atoms. The molecule has 1 aromatic rings. The fraction of sp³-hybridized carbons (Fsp3) is 0.500. The second-order valence-corrected chi connectivity index (χ2v) is 8.81. The number of benzene rings is 1. The van der Waals surface area contributed by atoms with Crippen molar-refractivity contribution >= 4 is 23.7 Å². The maximum atomic E-state index is 5.51. The molecule has 6 heteroatoms. The van der Waals surface area contributed by atoms with Gasteiger partial charge in [0.25, 0.3) is 6.63 Å². The van der Waals surface area contributed by atoms with Crippen molar-refractivity contribution in [3.63, 3.8) is 0 Å². The molecule has 100 valence electrons. The highest BCUT2D eigenvalue weighted by Gasteiger charge is 2.19. The Balaban J connectivity index is 2.83. The van der Waals surface area contributed by atoms with Crippen molar-refractivity contribution < 1.29 is 4.52 Å². The highest BCUT2D eigenvalue weighted by atomic mass is 32.7. The molecule has 0 radical (unpaired) electrons. The van der Waals surface area contributed by atoms with E-state index in [0.29, 0.717) is 5.92 Å². The van der Waals surface area contributed by atoms with Gasteiger partial charge in [0, 0.05) is 19.9 Å². The molecule has 0 heterocycles. The van der Waals surface area contributed by atoms with Gasteiger partial charge >= 0.3 is 0 Å². The summed E-state index contributed by atoms with van der Waals surface area (Å²) in [5.74, 6) is 1.55. The molecule has 0 aliphatic carbocycles. The van der Waals surface area contributed by atoms with Crippen LogP contribution in [0.25, 0.3) is 0 Å². The van der Waals surface area contributed by atoms with E-state index in [1.54, 1.807) is 25.5 Å². The maximum Gasteiger partial charge on any atom is 0.274 e. The van der Waals surface area contributed by atoms with E-state index in [0.717, 1.165) is 11.4 Å². The Morgan fingerprint density at radius 2 is 1.94 bits per heavy atom. The molecular weight excluding hydrogens is 265 g/mol. The molecule has 0 N–H and O–H groups in total. The van der Waals surface area contributed by atoms with Gasteiger partial charge in [-0.1, -0.05) is 43.4 Å². The van der Waals surface area contributed by atoms with E-state index in [4.69, 9.17) is 4.52 Å². The Morgan fingerprint density at radius 3 is 2.44 bits per heavy atom. The largest absolute Gasteiger partial charge is 0.322 e. The first-order valence-corrected chi connectivity index (χ1v) is 9.01. The lowest BCUT2D eigenvalue weighted by Crippen LogP contribution is -1.90. The molecule has 0 bridgehead atoms. The summed E-state index contributed by atoms with van der Waals surface area (Å²) in [6.07, 6.45) is 0. The van der Waals surface area contributed by atoms with E-state index >= 15 is 0 Å². The summed E-state index contributed by atoms with van der Waals surface area (Å²) in [5, 5.41) is 4.23. The smallest absolute Gasteiger partial charge is 0.274 e. The van der Waals surface area contributed by atoms with E-state index in [-0.39, 0.29) is 0 Å². The monoisotopic (exact) mass is 285 g/mol. The first-order chi connectivity index (χ1) is 8.62. The van der Waals surface area contributed by atoms with Crippen molar-refractivity contribution in [3.8, 4) is 0 Å². The van der Waals surface area contributed by atoms with Gasteiger partial charge in [0.05, 0.1) is 5.69 Å². The summed E-state index contributed by atoms with van der Waals surface area (Å²) in [4.78, 5) is 4.34. The van der Waals surface area contributed by atoms with Crippen molar-refractivity contribution in [1.82, 2.24) is 0 Å². The van der Waals surface area contributed by atoms with E-state index in [1.807, 2.05) is 30.3 Å². The van der Waals surface area contributed by atoms with Gasteiger partial charge in [0.1, 0.15) is 0 Å². The summed E-state index contributed by atoms with van der Waals surface area (Å²) in [5.41, 5.74) is 0.827. The van der Waals surface area contributed by atoms with E-state index in [9.17, 15) is 0 Å².